The maximum absolute atomic E-state index is 14.1. The molecule has 4 aromatic rings. The monoisotopic (exact) mass is 615 g/mol. The van der Waals surface area contributed by atoms with Gasteiger partial charge in [-0.25, -0.2) is 4.99 Å². The van der Waals surface area contributed by atoms with Crippen LogP contribution in [0.4, 0.5) is 5.69 Å². The third-order valence-electron chi connectivity index (χ3n) is 6.70. The number of aromatic nitrogens is 1. The van der Waals surface area contributed by atoms with Crippen molar-refractivity contribution in [2.75, 3.05) is 25.6 Å². The number of nitrogens with one attached hydrogen (secondary N) is 1. The van der Waals surface area contributed by atoms with E-state index in [0.717, 1.165) is 5.56 Å². The minimum absolute atomic E-state index is 0.263. The highest BCUT2D eigenvalue weighted by atomic mass is 35.5. The fraction of sp³-hybridized carbons (Fsp3) is 0.182. The van der Waals surface area contributed by atoms with Gasteiger partial charge in [0.05, 0.1) is 40.6 Å². The molecule has 1 amide bonds. The van der Waals surface area contributed by atoms with Gasteiger partial charge in [0.15, 0.2) is 16.3 Å². The number of carbonyl (C=O) groups is 1. The Kier molecular flexibility index (Phi) is 9.13. The molecule has 43 heavy (non-hydrogen) atoms. The van der Waals surface area contributed by atoms with Crippen molar-refractivity contribution >= 4 is 40.6 Å². The fourth-order valence-electron chi connectivity index (χ4n) is 4.82. The number of anilines is 1. The van der Waals surface area contributed by atoms with Gasteiger partial charge in [-0.2, -0.15) is 0 Å². The molecule has 0 unspecified atom stereocenters. The highest BCUT2D eigenvalue weighted by Gasteiger charge is 2.32. The van der Waals surface area contributed by atoms with Gasteiger partial charge < -0.3 is 19.5 Å². The number of thiazole rings is 1. The van der Waals surface area contributed by atoms with Crippen molar-refractivity contribution < 1.29 is 19.0 Å². The number of hydrogen-bond acceptors (Lipinski definition) is 7. The van der Waals surface area contributed by atoms with Gasteiger partial charge in [0, 0.05) is 5.69 Å². The average molecular weight is 616 g/mol. The van der Waals surface area contributed by atoms with E-state index >= 15 is 0 Å². The Hall–Kier alpha value is -4.60. The molecule has 220 valence electrons. The van der Waals surface area contributed by atoms with E-state index in [9.17, 15) is 9.59 Å². The average Bonchev–Trinajstić information content (AvgIpc) is 3.30. The van der Waals surface area contributed by atoms with Crippen LogP contribution in [-0.2, 0) is 4.79 Å². The standard InChI is InChI=1S/C33H30ClN3O5S/c1-5-16-42-30-25(34)17-21(18-26(30)40-4)19-27-32(39)37-29(22-12-14-24(15-13-22)41-6-2)28(20(3)35-33(37)43-27)31(38)36-23-10-8-7-9-11-23/h5,7-15,17-19,29H,1,6,16H2,2-4H3,(H,36,38)/b27-19-/t29-/m1/s1. The summed E-state index contributed by atoms with van der Waals surface area (Å²) in [6.07, 6.45) is 3.34. The van der Waals surface area contributed by atoms with Gasteiger partial charge in [-0.15, -0.1) is 0 Å². The first-order valence-electron chi connectivity index (χ1n) is 13.6. The maximum atomic E-state index is 14.1. The highest BCUT2D eigenvalue weighted by molar-refractivity contribution is 7.07. The zero-order valence-electron chi connectivity index (χ0n) is 23.9. The van der Waals surface area contributed by atoms with Gasteiger partial charge in [0.25, 0.3) is 11.5 Å². The second kappa shape index (κ2) is 13.1. The quantitative estimate of drug-likeness (QED) is 0.238. The second-order valence-electron chi connectivity index (χ2n) is 9.54. The molecule has 1 N–H and O–H groups in total. The Labute approximate surface area is 257 Å². The predicted octanol–water partition coefficient (Wildman–Crippen LogP) is 5.50. The summed E-state index contributed by atoms with van der Waals surface area (Å²) in [6, 6.07) is 19.3. The van der Waals surface area contributed by atoms with Crippen LogP contribution in [-0.4, -0.2) is 30.8 Å². The van der Waals surface area contributed by atoms with E-state index in [1.54, 1.807) is 35.8 Å². The van der Waals surface area contributed by atoms with Gasteiger partial charge in [-0.3, -0.25) is 14.2 Å². The lowest BCUT2D eigenvalue weighted by molar-refractivity contribution is -0.113. The van der Waals surface area contributed by atoms with Crippen molar-refractivity contribution in [1.29, 1.82) is 0 Å². The topological polar surface area (TPSA) is 91.2 Å². The number of nitrogens with zero attached hydrogens (tertiary/aromatic N) is 2. The van der Waals surface area contributed by atoms with Crippen LogP contribution in [0.2, 0.25) is 5.02 Å². The van der Waals surface area contributed by atoms with Crippen LogP contribution in [0.3, 0.4) is 0 Å². The number of ether oxygens (including phenoxy) is 3. The number of para-hydroxylation sites is 1. The largest absolute Gasteiger partial charge is 0.494 e. The fourth-order valence-corrected chi connectivity index (χ4v) is 6.14. The molecular formula is C33H30ClN3O5S. The second-order valence-corrected chi connectivity index (χ2v) is 11.0. The molecule has 0 aliphatic carbocycles. The molecule has 0 bridgehead atoms. The number of methoxy groups -OCH3 is 1. The van der Waals surface area contributed by atoms with Crippen molar-refractivity contribution in [2.45, 2.75) is 19.9 Å². The zero-order valence-corrected chi connectivity index (χ0v) is 25.5. The molecule has 5 rings (SSSR count). The molecule has 0 radical (unpaired) electrons. The molecule has 0 spiro atoms. The first kappa shape index (κ1) is 29.9. The van der Waals surface area contributed by atoms with Crippen molar-refractivity contribution in [2.24, 2.45) is 4.99 Å². The molecule has 2 heterocycles. The number of fused-ring (bicyclic) bond motifs is 1. The molecule has 1 aliphatic heterocycles. The summed E-state index contributed by atoms with van der Waals surface area (Å²) in [5, 5.41) is 3.30. The van der Waals surface area contributed by atoms with E-state index in [1.165, 1.54) is 18.4 Å². The van der Waals surface area contributed by atoms with Crippen LogP contribution in [0.1, 0.15) is 31.0 Å². The van der Waals surface area contributed by atoms with E-state index in [2.05, 4.69) is 11.9 Å². The number of rotatable bonds is 10. The van der Waals surface area contributed by atoms with E-state index in [-0.39, 0.29) is 18.1 Å². The normalized spacial score (nSPS) is 14.5. The van der Waals surface area contributed by atoms with E-state index in [0.29, 0.717) is 60.7 Å². The molecule has 1 aromatic heterocycles. The third-order valence-corrected chi connectivity index (χ3v) is 7.96. The Bertz CT molecular complexity index is 1880. The highest BCUT2D eigenvalue weighted by Crippen LogP contribution is 2.37. The Morgan fingerprint density at radius 2 is 1.88 bits per heavy atom. The Morgan fingerprint density at radius 1 is 1.14 bits per heavy atom. The van der Waals surface area contributed by atoms with E-state index in [4.69, 9.17) is 30.8 Å². The molecule has 1 atom stereocenters. The van der Waals surface area contributed by atoms with Crippen LogP contribution in [0.5, 0.6) is 17.2 Å². The smallest absolute Gasteiger partial charge is 0.271 e. The van der Waals surface area contributed by atoms with E-state index < -0.39 is 6.04 Å². The lowest BCUT2D eigenvalue weighted by Crippen LogP contribution is -2.40. The van der Waals surface area contributed by atoms with Crippen molar-refractivity contribution in [3.05, 3.63) is 126 Å². The number of benzene rings is 3. The molecule has 3 aromatic carbocycles. The van der Waals surface area contributed by atoms with Crippen LogP contribution in [0, 0.1) is 0 Å². The number of hydrogen-bond donors (Lipinski definition) is 1. The lowest BCUT2D eigenvalue weighted by atomic mass is 9.95. The lowest BCUT2D eigenvalue weighted by Gasteiger charge is -2.25. The van der Waals surface area contributed by atoms with Crippen molar-refractivity contribution in [3.63, 3.8) is 0 Å². The molecule has 0 fully saturated rings. The summed E-state index contributed by atoms with van der Waals surface area (Å²) in [7, 11) is 1.52. The van der Waals surface area contributed by atoms with Gasteiger partial charge in [0.2, 0.25) is 0 Å². The molecule has 0 saturated carbocycles. The first-order valence-corrected chi connectivity index (χ1v) is 14.8. The first-order chi connectivity index (χ1) is 20.8. The summed E-state index contributed by atoms with van der Waals surface area (Å²) in [4.78, 5) is 33.0. The van der Waals surface area contributed by atoms with Gasteiger partial charge in [-0.1, -0.05) is 65.9 Å². The van der Waals surface area contributed by atoms with Crippen LogP contribution < -0.4 is 34.4 Å². The molecule has 10 heteroatoms. The summed E-state index contributed by atoms with van der Waals surface area (Å²) in [6.45, 7) is 8.14. The number of halogens is 1. The zero-order chi connectivity index (χ0) is 30.5. The molecule has 0 saturated heterocycles. The van der Waals surface area contributed by atoms with Crippen molar-refractivity contribution in [3.8, 4) is 17.2 Å². The summed E-state index contributed by atoms with van der Waals surface area (Å²) in [5.41, 5.74) is 2.64. The molecular weight excluding hydrogens is 586 g/mol. The number of amides is 1. The molecule has 1 aliphatic rings. The summed E-state index contributed by atoms with van der Waals surface area (Å²) >= 11 is 7.75. The van der Waals surface area contributed by atoms with Crippen LogP contribution >= 0.6 is 22.9 Å². The van der Waals surface area contributed by atoms with Gasteiger partial charge in [-0.05, 0) is 67.4 Å². The van der Waals surface area contributed by atoms with Crippen molar-refractivity contribution in [1.82, 2.24) is 4.57 Å². The third kappa shape index (κ3) is 6.28. The summed E-state index contributed by atoms with van der Waals surface area (Å²) in [5.74, 6) is 1.17. The Morgan fingerprint density at radius 3 is 2.56 bits per heavy atom. The number of carbonyl (C=O) groups excluding carboxylic acids is 1. The molecule has 8 nitrogen and oxygen atoms in total. The summed E-state index contributed by atoms with van der Waals surface area (Å²) < 4.78 is 18.8. The minimum Gasteiger partial charge on any atom is -0.494 e. The number of allylic oxidation sites excluding steroid dienone is 1. The van der Waals surface area contributed by atoms with Crippen LogP contribution in [0.25, 0.3) is 6.08 Å². The predicted molar refractivity (Wildman–Crippen MR) is 170 cm³/mol. The Balaban J connectivity index is 1.64. The maximum Gasteiger partial charge on any atom is 0.271 e. The van der Waals surface area contributed by atoms with Crippen LogP contribution in [0.15, 0.2) is 100 Å². The van der Waals surface area contributed by atoms with Gasteiger partial charge in [0.1, 0.15) is 12.4 Å². The van der Waals surface area contributed by atoms with Gasteiger partial charge >= 0.3 is 0 Å². The van der Waals surface area contributed by atoms with E-state index in [1.807, 2.05) is 61.5 Å². The minimum atomic E-state index is -0.717. The SMILES string of the molecule is C=CCOc1c(Cl)cc(/C=c2\sc3n(c2=O)[C@H](c2ccc(OCC)cc2)C(C(=O)Nc2ccccc2)=C(C)N=3)cc1OC.